The van der Waals surface area contributed by atoms with E-state index in [0.29, 0.717) is 5.92 Å². The first-order chi connectivity index (χ1) is 7.56. The molecule has 88 valence electrons. The quantitative estimate of drug-likeness (QED) is 0.615. The summed E-state index contributed by atoms with van der Waals surface area (Å²) in [6, 6.07) is 6.72. The van der Waals surface area contributed by atoms with Crippen LogP contribution in [0.3, 0.4) is 0 Å². The first-order valence-electron chi connectivity index (χ1n) is 6.31. The Balaban J connectivity index is 3.15. The molecule has 0 amide bonds. The number of allylic oxidation sites excluding steroid dienone is 1. The highest BCUT2D eigenvalue weighted by Crippen LogP contribution is 2.25. The van der Waals surface area contributed by atoms with Crippen molar-refractivity contribution < 1.29 is 0 Å². The summed E-state index contributed by atoms with van der Waals surface area (Å²) >= 11 is 0. The van der Waals surface area contributed by atoms with Crippen molar-refractivity contribution in [3.8, 4) is 0 Å². The highest BCUT2D eigenvalue weighted by atomic mass is 14.1. The fourth-order valence-corrected chi connectivity index (χ4v) is 2.24. The Bertz CT molecular complexity index is 358. The smallest absolute Gasteiger partial charge is 0.00697 e. The van der Waals surface area contributed by atoms with Crippen LogP contribution in [0, 0.1) is 0 Å². The lowest BCUT2D eigenvalue weighted by Crippen LogP contribution is -2.02. The summed E-state index contributed by atoms with van der Waals surface area (Å²) in [4.78, 5) is 0. The number of rotatable bonds is 5. The molecule has 0 nitrogen and oxygen atoms in total. The molecule has 0 heterocycles. The first-order valence-corrected chi connectivity index (χ1v) is 6.31. The zero-order valence-electron chi connectivity index (χ0n) is 11.1. The van der Waals surface area contributed by atoms with Gasteiger partial charge in [-0.1, -0.05) is 57.5 Å². The lowest BCUT2D eigenvalue weighted by Gasteiger charge is -2.17. The molecule has 0 aliphatic heterocycles. The third kappa shape index (κ3) is 3.23. The largest absolute Gasteiger partial charge is 0.0998 e. The monoisotopic (exact) mass is 216 g/mol. The van der Waals surface area contributed by atoms with Gasteiger partial charge in [-0.25, -0.2) is 0 Å². The Hall–Kier alpha value is -1.04. The molecule has 0 unspecified atom stereocenters. The topological polar surface area (TPSA) is 0 Å². The fraction of sp³-hybridized carbons (Fsp3) is 0.500. The molecule has 0 atom stereocenters. The van der Waals surface area contributed by atoms with E-state index >= 15 is 0 Å². The molecule has 0 saturated carbocycles. The second kappa shape index (κ2) is 5.89. The summed E-state index contributed by atoms with van der Waals surface area (Å²) in [7, 11) is 0. The fourth-order valence-electron chi connectivity index (χ4n) is 2.24. The minimum Gasteiger partial charge on any atom is -0.0998 e. The van der Waals surface area contributed by atoms with Crippen LogP contribution in [0.4, 0.5) is 0 Å². The van der Waals surface area contributed by atoms with Gasteiger partial charge in [0, 0.05) is 0 Å². The van der Waals surface area contributed by atoms with Gasteiger partial charge < -0.3 is 0 Å². The predicted molar refractivity (Wildman–Crippen MR) is 73.0 cm³/mol. The SMILES string of the molecule is C=C(C)Cc1cccc(C(C)C)c1CCC. The molecule has 0 radical (unpaired) electrons. The van der Waals surface area contributed by atoms with Gasteiger partial charge in [0.05, 0.1) is 0 Å². The molecule has 0 N–H and O–H groups in total. The summed E-state index contributed by atoms with van der Waals surface area (Å²) in [5, 5.41) is 0. The van der Waals surface area contributed by atoms with Crippen LogP contribution in [-0.4, -0.2) is 0 Å². The summed E-state index contributed by atoms with van der Waals surface area (Å²) in [6.07, 6.45) is 3.43. The van der Waals surface area contributed by atoms with E-state index in [2.05, 4.69) is 52.5 Å². The first kappa shape index (κ1) is 13.0. The van der Waals surface area contributed by atoms with Crippen LogP contribution < -0.4 is 0 Å². The van der Waals surface area contributed by atoms with Crippen molar-refractivity contribution in [1.82, 2.24) is 0 Å². The molecule has 0 fully saturated rings. The van der Waals surface area contributed by atoms with Gasteiger partial charge in [0.2, 0.25) is 0 Å². The normalized spacial score (nSPS) is 10.8. The van der Waals surface area contributed by atoms with Crippen LogP contribution in [0.25, 0.3) is 0 Å². The molecule has 0 aliphatic carbocycles. The molecule has 0 heteroatoms. The van der Waals surface area contributed by atoms with Gasteiger partial charge in [-0.3, -0.25) is 0 Å². The van der Waals surface area contributed by atoms with E-state index in [4.69, 9.17) is 0 Å². The van der Waals surface area contributed by atoms with Gasteiger partial charge in [0.25, 0.3) is 0 Å². The molecule has 0 aromatic heterocycles. The summed E-state index contributed by atoms with van der Waals surface area (Å²) < 4.78 is 0. The molecule has 0 spiro atoms. The van der Waals surface area contributed by atoms with Crippen molar-refractivity contribution in [2.45, 2.75) is 52.9 Å². The van der Waals surface area contributed by atoms with E-state index in [1.807, 2.05) is 0 Å². The molecule has 1 rings (SSSR count). The van der Waals surface area contributed by atoms with Crippen molar-refractivity contribution in [2.24, 2.45) is 0 Å². The maximum Gasteiger partial charge on any atom is -0.00697 e. The number of hydrogen-bond acceptors (Lipinski definition) is 0. The average molecular weight is 216 g/mol. The Morgan fingerprint density at radius 2 is 2.00 bits per heavy atom. The van der Waals surface area contributed by atoms with E-state index < -0.39 is 0 Å². The zero-order valence-corrected chi connectivity index (χ0v) is 11.1. The maximum atomic E-state index is 4.03. The average Bonchev–Trinajstić information content (AvgIpc) is 2.19. The standard InChI is InChI=1S/C16H24/c1-6-8-16-14(11-12(2)3)9-7-10-15(16)13(4)5/h7,9-10,13H,2,6,8,11H2,1,3-5H3. The molecule has 0 bridgehead atoms. The predicted octanol–water partition coefficient (Wildman–Crippen LogP) is 4.88. The summed E-state index contributed by atoms with van der Waals surface area (Å²) in [6.45, 7) is 12.9. The Kier molecular flexibility index (Phi) is 4.79. The van der Waals surface area contributed by atoms with E-state index in [1.54, 1.807) is 5.56 Å². The Labute approximate surface area is 100 Å². The third-order valence-electron chi connectivity index (χ3n) is 2.92. The van der Waals surface area contributed by atoms with E-state index in [9.17, 15) is 0 Å². The van der Waals surface area contributed by atoms with Crippen LogP contribution >= 0.6 is 0 Å². The molecule has 16 heavy (non-hydrogen) atoms. The summed E-state index contributed by atoms with van der Waals surface area (Å²) in [5.74, 6) is 0.617. The van der Waals surface area contributed by atoms with Crippen LogP contribution in [0.5, 0.6) is 0 Å². The second-order valence-electron chi connectivity index (χ2n) is 5.02. The van der Waals surface area contributed by atoms with Crippen LogP contribution in [0.15, 0.2) is 30.4 Å². The number of benzene rings is 1. The lowest BCUT2D eigenvalue weighted by molar-refractivity contribution is 0.810. The van der Waals surface area contributed by atoms with Crippen LogP contribution in [0.1, 0.15) is 56.7 Å². The van der Waals surface area contributed by atoms with Gasteiger partial charge >= 0.3 is 0 Å². The van der Waals surface area contributed by atoms with Crippen molar-refractivity contribution in [2.75, 3.05) is 0 Å². The highest BCUT2D eigenvalue weighted by Gasteiger charge is 2.10. The maximum absolute atomic E-state index is 4.03. The molecule has 0 aliphatic rings. The molecular formula is C16H24. The molecule has 0 saturated heterocycles. The van der Waals surface area contributed by atoms with Crippen LogP contribution in [0.2, 0.25) is 0 Å². The minimum atomic E-state index is 0.617. The lowest BCUT2D eigenvalue weighted by atomic mass is 9.88. The second-order valence-corrected chi connectivity index (χ2v) is 5.02. The van der Waals surface area contributed by atoms with Crippen molar-refractivity contribution in [1.29, 1.82) is 0 Å². The van der Waals surface area contributed by atoms with E-state index in [0.717, 1.165) is 6.42 Å². The van der Waals surface area contributed by atoms with Gasteiger partial charge in [-0.2, -0.15) is 0 Å². The summed E-state index contributed by atoms with van der Waals surface area (Å²) in [5.41, 5.74) is 5.79. The van der Waals surface area contributed by atoms with Gasteiger partial charge in [-0.05, 0) is 42.4 Å². The zero-order chi connectivity index (χ0) is 12.1. The van der Waals surface area contributed by atoms with E-state index in [1.165, 1.54) is 29.5 Å². The molecular weight excluding hydrogens is 192 g/mol. The minimum absolute atomic E-state index is 0.617. The Morgan fingerprint density at radius 3 is 2.50 bits per heavy atom. The van der Waals surface area contributed by atoms with Crippen molar-refractivity contribution >= 4 is 0 Å². The van der Waals surface area contributed by atoms with E-state index in [-0.39, 0.29) is 0 Å². The van der Waals surface area contributed by atoms with Crippen LogP contribution in [-0.2, 0) is 12.8 Å². The van der Waals surface area contributed by atoms with Gasteiger partial charge in [0.15, 0.2) is 0 Å². The molecule has 1 aromatic carbocycles. The van der Waals surface area contributed by atoms with Crippen molar-refractivity contribution in [3.63, 3.8) is 0 Å². The third-order valence-corrected chi connectivity index (χ3v) is 2.92. The highest BCUT2D eigenvalue weighted by molar-refractivity contribution is 5.39. The Morgan fingerprint density at radius 1 is 1.31 bits per heavy atom. The molecule has 1 aromatic rings. The number of hydrogen-bond donors (Lipinski definition) is 0. The van der Waals surface area contributed by atoms with Crippen molar-refractivity contribution in [3.05, 3.63) is 47.0 Å². The van der Waals surface area contributed by atoms with Gasteiger partial charge in [0.1, 0.15) is 0 Å². The van der Waals surface area contributed by atoms with Gasteiger partial charge in [-0.15, -0.1) is 0 Å².